The van der Waals surface area contributed by atoms with Gasteiger partial charge in [-0.3, -0.25) is 4.79 Å². The number of aromatic amines is 1. The van der Waals surface area contributed by atoms with E-state index in [1.165, 1.54) is 18.2 Å². The summed E-state index contributed by atoms with van der Waals surface area (Å²) in [5.41, 5.74) is 0.851. The van der Waals surface area contributed by atoms with Crippen LogP contribution in [0.1, 0.15) is 24.6 Å². The van der Waals surface area contributed by atoms with E-state index in [1.54, 1.807) is 13.0 Å². The van der Waals surface area contributed by atoms with E-state index < -0.39 is 11.4 Å². The van der Waals surface area contributed by atoms with Crippen LogP contribution in [-0.4, -0.2) is 11.6 Å². The molecule has 5 heteroatoms. The monoisotopic (exact) mass is 286 g/mol. The van der Waals surface area contributed by atoms with Crippen LogP contribution < -0.4 is 10.3 Å². The number of pyridine rings is 1. The lowest BCUT2D eigenvalue weighted by molar-refractivity contribution is 0.318. The zero-order chi connectivity index (χ0) is 15.4. The highest BCUT2D eigenvalue weighted by molar-refractivity contribution is 5.75. The Morgan fingerprint density at radius 2 is 2.10 bits per heavy atom. The number of hydrogen-bond acceptors (Lipinski definition) is 3. The molecule has 0 aliphatic carbocycles. The van der Waals surface area contributed by atoms with Crippen LogP contribution in [0.15, 0.2) is 29.1 Å². The molecule has 0 amide bonds. The lowest BCUT2D eigenvalue weighted by atomic mass is 10.00. The predicted octanol–water partition coefficient (Wildman–Crippen LogP) is 3.15. The van der Waals surface area contributed by atoms with Crippen molar-refractivity contribution in [1.82, 2.24) is 4.98 Å². The Morgan fingerprint density at radius 3 is 2.76 bits per heavy atom. The Bertz CT molecular complexity index is 760. The van der Waals surface area contributed by atoms with Crippen LogP contribution in [-0.2, 0) is 0 Å². The van der Waals surface area contributed by atoms with Crippen molar-refractivity contribution in [3.63, 3.8) is 0 Å². The SMILES string of the molecule is CCCOc1ccc(F)cc1-c1cc(C)[nH]c(=O)c1C#N. The van der Waals surface area contributed by atoms with Crippen molar-refractivity contribution in [3.8, 4) is 22.9 Å². The number of H-pyrrole nitrogens is 1. The third-order valence-electron chi connectivity index (χ3n) is 2.97. The zero-order valence-electron chi connectivity index (χ0n) is 11.9. The number of nitriles is 1. The van der Waals surface area contributed by atoms with Gasteiger partial charge in [0.15, 0.2) is 0 Å². The summed E-state index contributed by atoms with van der Waals surface area (Å²) in [6.45, 7) is 4.14. The molecule has 0 saturated carbocycles. The first-order valence-corrected chi connectivity index (χ1v) is 6.63. The summed E-state index contributed by atoms with van der Waals surface area (Å²) in [7, 11) is 0. The summed E-state index contributed by atoms with van der Waals surface area (Å²) < 4.78 is 19.2. The van der Waals surface area contributed by atoms with Gasteiger partial charge in [0.25, 0.3) is 5.56 Å². The molecule has 0 unspecified atom stereocenters. The van der Waals surface area contributed by atoms with Crippen molar-refractivity contribution in [2.45, 2.75) is 20.3 Å². The van der Waals surface area contributed by atoms with E-state index in [-0.39, 0.29) is 5.56 Å². The second kappa shape index (κ2) is 6.23. The van der Waals surface area contributed by atoms with Gasteiger partial charge in [-0.1, -0.05) is 6.92 Å². The molecule has 4 nitrogen and oxygen atoms in total. The Morgan fingerprint density at radius 1 is 1.33 bits per heavy atom. The van der Waals surface area contributed by atoms with Gasteiger partial charge in [0.05, 0.1) is 6.61 Å². The van der Waals surface area contributed by atoms with E-state index in [0.717, 1.165) is 6.42 Å². The largest absolute Gasteiger partial charge is 0.493 e. The summed E-state index contributed by atoms with van der Waals surface area (Å²) in [6, 6.07) is 7.60. The molecule has 0 saturated heterocycles. The van der Waals surface area contributed by atoms with Gasteiger partial charge in [0, 0.05) is 16.8 Å². The van der Waals surface area contributed by atoms with Gasteiger partial charge in [-0.2, -0.15) is 5.26 Å². The molecule has 1 N–H and O–H groups in total. The van der Waals surface area contributed by atoms with Crippen molar-refractivity contribution in [2.24, 2.45) is 0 Å². The van der Waals surface area contributed by atoms with Crippen molar-refractivity contribution in [3.05, 3.63) is 51.7 Å². The number of nitrogens with one attached hydrogen (secondary N) is 1. The lowest BCUT2D eigenvalue weighted by Crippen LogP contribution is -2.13. The normalized spacial score (nSPS) is 10.2. The second-order valence-corrected chi connectivity index (χ2v) is 4.67. The maximum absolute atomic E-state index is 13.6. The third kappa shape index (κ3) is 3.11. The van der Waals surface area contributed by atoms with Crippen LogP contribution in [0.3, 0.4) is 0 Å². The van der Waals surface area contributed by atoms with E-state index in [2.05, 4.69) is 4.98 Å². The molecule has 0 aliphatic rings. The van der Waals surface area contributed by atoms with Crippen molar-refractivity contribution < 1.29 is 9.13 Å². The number of aryl methyl sites for hydroxylation is 1. The first-order chi connectivity index (χ1) is 10.1. The third-order valence-corrected chi connectivity index (χ3v) is 2.97. The molecule has 0 radical (unpaired) electrons. The average Bonchev–Trinajstić information content (AvgIpc) is 2.45. The van der Waals surface area contributed by atoms with Crippen molar-refractivity contribution in [2.75, 3.05) is 6.61 Å². The van der Waals surface area contributed by atoms with Crippen LogP contribution in [0.4, 0.5) is 4.39 Å². The van der Waals surface area contributed by atoms with Gasteiger partial charge < -0.3 is 9.72 Å². The minimum atomic E-state index is -0.488. The number of hydrogen-bond donors (Lipinski definition) is 1. The fourth-order valence-electron chi connectivity index (χ4n) is 2.06. The number of nitrogens with zero attached hydrogens (tertiary/aromatic N) is 1. The fraction of sp³-hybridized carbons (Fsp3) is 0.250. The molecule has 0 atom stereocenters. The Hall–Kier alpha value is -2.61. The highest BCUT2D eigenvalue weighted by atomic mass is 19.1. The zero-order valence-corrected chi connectivity index (χ0v) is 11.9. The summed E-state index contributed by atoms with van der Waals surface area (Å²) in [4.78, 5) is 14.4. The molecule has 2 rings (SSSR count). The second-order valence-electron chi connectivity index (χ2n) is 4.67. The quantitative estimate of drug-likeness (QED) is 0.939. The van der Waals surface area contributed by atoms with Crippen LogP contribution in [0.25, 0.3) is 11.1 Å². The molecule has 21 heavy (non-hydrogen) atoms. The smallest absolute Gasteiger partial charge is 0.266 e. The van der Waals surface area contributed by atoms with E-state index in [0.29, 0.717) is 29.2 Å². The van der Waals surface area contributed by atoms with Gasteiger partial charge in [-0.25, -0.2) is 4.39 Å². The Labute approximate surface area is 121 Å². The highest BCUT2D eigenvalue weighted by Crippen LogP contribution is 2.32. The Balaban J connectivity index is 2.69. The molecule has 0 spiro atoms. The molecule has 1 heterocycles. The van der Waals surface area contributed by atoms with Crippen LogP contribution >= 0.6 is 0 Å². The maximum Gasteiger partial charge on any atom is 0.266 e. The van der Waals surface area contributed by atoms with Crippen molar-refractivity contribution in [1.29, 1.82) is 5.26 Å². The highest BCUT2D eigenvalue weighted by Gasteiger charge is 2.15. The van der Waals surface area contributed by atoms with E-state index in [9.17, 15) is 14.4 Å². The first kappa shape index (κ1) is 14.8. The van der Waals surface area contributed by atoms with E-state index in [1.807, 2.05) is 13.0 Å². The molecule has 0 aliphatic heterocycles. The standard InChI is InChI=1S/C16H15FN2O2/c1-3-6-21-15-5-4-11(17)8-13(15)12-7-10(2)19-16(20)14(12)9-18/h4-5,7-8H,3,6H2,1-2H3,(H,19,20). The fourth-order valence-corrected chi connectivity index (χ4v) is 2.06. The summed E-state index contributed by atoms with van der Waals surface area (Å²) in [5, 5.41) is 9.18. The molecule has 0 bridgehead atoms. The molecule has 2 aromatic rings. The molecule has 0 fully saturated rings. The number of halogens is 1. The number of ether oxygens (including phenoxy) is 1. The number of aromatic nitrogens is 1. The summed E-state index contributed by atoms with van der Waals surface area (Å²) in [5.74, 6) is 0.00965. The maximum atomic E-state index is 13.6. The van der Waals surface area contributed by atoms with E-state index in [4.69, 9.17) is 4.74 Å². The topological polar surface area (TPSA) is 65.9 Å². The molecular formula is C16H15FN2O2. The number of benzene rings is 1. The van der Waals surface area contributed by atoms with Crippen LogP contribution in [0, 0.1) is 24.1 Å². The van der Waals surface area contributed by atoms with Crippen LogP contribution in [0.5, 0.6) is 5.75 Å². The lowest BCUT2D eigenvalue weighted by Gasteiger charge is -2.12. The van der Waals surface area contributed by atoms with Gasteiger partial charge in [0.2, 0.25) is 0 Å². The summed E-state index contributed by atoms with van der Waals surface area (Å²) in [6.07, 6.45) is 0.802. The molecule has 1 aromatic heterocycles. The van der Waals surface area contributed by atoms with Crippen molar-refractivity contribution >= 4 is 0 Å². The van der Waals surface area contributed by atoms with Gasteiger partial charge >= 0.3 is 0 Å². The van der Waals surface area contributed by atoms with Gasteiger partial charge in [-0.05, 0) is 37.6 Å². The molecule has 108 valence electrons. The average molecular weight is 286 g/mol. The van der Waals surface area contributed by atoms with Gasteiger partial charge in [0.1, 0.15) is 23.2 Å². The van der Waals surface area contributed by atoms with E-state index >= 15 is 0 Å². The molecular weight excluding hydrogens is 271 g/mol. The first-order valence-electron chi connectivity index (χ1n) is 6.63. The number of rotatable bonds is 4. The Kier molecular flexibility index (Phi) is 4.39. The summed E-state index contributed by atoms with van der Waals surface area (Å²) >= 11 is 0. The minimum absolute atomic E-state index is 0.0486. The van der Waals surface area contributed by atoms with Crippen LogP contribution in [0.2, 0.25) is 0 Å². The predicted molar refractivity (Wildman–Crippen MR) is 77.7 cm³/mol. The minimum Gasteiger partial charge on any atom is -0.493 e. The van der Waals surface area contributed by atoms with Gasteiger partial charge in [-0.15, -0.1) is 0 Å². The molecule has 1 aromatic carbocycles.